The first-order chi connectivity index (χ1) is 9.91. The molecule has 1 N–H and O–H groups in total. The number of carbonyl (C=O) groups is 2. The third-order valence-corrected chi connectivity index (χ3v) is 3.84. The number of carbonyl (C=O) groups excluding carboxylic acids is 1. The first-order valence-electron chi connectivity index (χ1n) is 6.79. The summed E-state index contributed by atoms with van der Waals surface area (Å²) in [6, 6.07) is 6.90. The second kappa shape index (κ2) is 6.13. The van der Waals surface area contributed by atoms with Gasteiger partial charge in [0.25, 0.3) is 0 Å². The lowest BCUT2D eigenvalue weighted by Crippen LogP contribution is -2.49. The molecule has 114 valence electrons. The zero-order valence-electron chi connectivity index (χ0n) is 12.4. The number of anilines is 1. The topological polar surface area (TPSA) is 70.1 Å². The van der Waals surface area contributed by atoms with Gasteiger partial charge in [-0.05, 0) is 24.6 Å². The Balaban J connectivity index is 2.13. The highest BCUT2D eigenvalue weighted by molar-refractivity contribution is 5.92. The Morgan fingerprint density at radius 1 is 1.29 bits per heavy atom. The number of nitrogens with zero attached hydrogens (tertiary/aromatic N) is 2. The summed E-state index contributed by atoms with van der Waals surface area (Å²) in [6.45, 7) is 2.35. The Kier molecular flexibility index (Phi) is 4.47. The monoisotopic (exact) mass is 292 g/mol. The van der Waals surface area contributed by atoms with Crippen LogP contribution >= 0.6 is 0 Å². The highest BCUT2D eigenvalue weighted by Crippen LogP contribution is 2.22. The molecule has 1 aromatic rings. The van der Waals surface area contributed by atoms with E-state index < -0.39 is 17.9 Å². The second-order valence-corrected chi connectivity index (χ2v) is 5.34. The van der Waals surface area contributed by atoms with Crippen LogP contribution in [-0.2, 0) is 9.53 Å². The van der Waals surface area contributed by atoms with Crippen molar-refractivity contribution in [1.82, 2.24) is 4.90 Å². The second-order valence-electron chi connectivity index (χ2n) is 5.34. The summed E-state index contributed by atoms with van der Waals surface area (Å²) < 4.78 is 5.21. The molecule has 21 heavy (non-hydrogen) atoms. The van der Waals surface area contributed by atoms with Crippen molar-refractivity contribution >= 4 is 17.7 Å². The molecule has 2 unspecified atom stereocenters. The van der Waals surface area contributed by atoms with E-state index in [1.54, 1.807) is 14.1 Å². The number of hydrogen-bond acceptors (Lipinski definition) is 3. The number of benzene rings is 1. The molecule has 1 aromatic carbocycles. The largest absolute Gasteiger partial charge is 0.481 e. The van der Waals surface area contributed by atoms with Gasteiger partial charge in [-0.2, -0.15) is 0 Å². The molecule has 2 atom stereocenters. The molecule has 6 nitrogen and oxygen atoms in total. The highest BCUT2D eigenvalue weighted by atomic mass is 16.5. The van der Waals surface area contributed by atoms with Gasteiger partial charge in [-0.1, -0.05) is 12.1 Å². The van der Waals surface area contributed by atoms with Gasteiger partial charge in [-0.3, -0.25) is 9.69 Å². The number of carboxylic acids is 1. The van der Waals surface area contributed by atoms with E-state index >= 15 is 0 Å². The van der Waals surface area contributed by atoms with E-state index in [0.29, 0.717) is 0 Å². The Morgan fingerprint density at radius 3 is 2.62 bits per heavy atom. The van der Waals surface area contributed by atoms with Crippen LogP contribution in [0.1, 0.15) is 5.56 Å². The molecule has 1 aliphatic heterocycles. The van der Waals surface area contributed by atoms with Crippen molar-refractivity contribution in [1.29, 1.82) is 0 Å². The maximum absolute atomic E-state index is 12.5. The minimum Gasteiger partial charge on any atom is -0.481 e. The SMILES string of the molecule is Cc1cccc(N(C)C(=O)N(C)C2COCC2C(=O)O)c1. The predicted molar refractivity (Wildman–Crippen MR) is 78.5 cm³/mol. The average molecular weight is 292 g/mol. The summed E-state index contributed by atoms with van der Waals surface area (Å²) in [5.41, 5.74) is 1.83. The molecule has 1 aliphatic rings. The number of carboxylic acid groups (broad SMARTS) is 1. The highest BCUT2D eigenvalue weighted by Gasteiger charge is 2.39. The number of rotatable bonds is 3. The first-order valence-corrected chi connectivity index (χ1v) is 6.79. The van der Waals surface area contributed by atoms with Crippen LogP contribution in [0.3, 0.4) is 0 Å². The fraction of sp³-hybridized carbons (Fsp3) is 0.467. The molecule has 0 aliphatic carbocycles. The number of aliphatic carboxylic acids is 1. The molecule has 1 fully saturated rings. The van der Waals surface area contributed by atoms with Crippen molar-refractivity contribution < 1.29 is 19.4 Å². The molecule has 0 aromatic heterocycles. The Hall–Kier alpha value is -2.08. The fourth-order valence-electron chi connectivity index (χ4n) is 2.49. The molecule has 0 bridgehead atoms. The number of amides is 2. The lowest BCUT2D eigenvalue weighted by atomic mass is 10.0. The first kappa shape index (κ1) is 15.3. The third-order valence-electron chi connectivity index (χ3n) is 3.84. The molecule has 0 saturated carbocycles. The molecule has 2 amide bonds. The Labute approximate surface area is 123 Å². The minimum atomic E-state index is -0.935. The molecule has 1 saturated heterocycles. The number of likely N-dealkylation sites (N-methyl/N-ethyl adjacent to an activating group) is 1. The van der Waals surface area contributed by atoms with E-state index in [-0.39, 0.29) is 19.2 Å². The normalized spacial score (nSPS) is 21.1. The van der Waals surface area contributed by atoms with E-state index in [1.807, 2.05) is 31.2 Å². The molecular formula is C15H20N2O4. The van der Waals surface area contributed by atoms with E-state index in [0.717, 1.165) is 11.3 Å². The van der Waals surface area contributed by atoms with Crippen LogP contribution in [0.4, 0.5) is 10.5 Å². The van der Waals surface area contributed by atoms with Gasteiger partial charge in [0, 0.05) is 19.8 Å². The zero-order valence-corrected chi connectivity index (χ0v) is 12.4. The van der Waals surface area contributed by atoms with Crippen molar-refractivity contribution in [3.05, 3.63) is 29.8 Å². The summed E-state index contributed by atoms with van der Waals surface area (Å²) in [5.74, 6) is -1.61. The van der Waals surface area contributed by atoms with Crippen LogP contribution in [0.25, 0.3) is 0 Å². The zero-order chi connectivity index (χ0) is 15.6. The van der Waals surface area contributed by atoms with Gasteiger partial charge in [-0.15, -0.1) is 0 Å². The van der Waals surface area contributed by atoms with Crippen molar-refractivity contribution in [2.24, 2.45) is 5.92 Å². The number of ether oxygens (including phenoxy) is 1. The van der Waals surface area contributed by atoms with Crippen LogP contribution in [-0.4, -0.2) is 55.4 Å². The minimum absolute atomic E-state index is 0.145. The predicted octanol–water partition coefficient (Wildman–Crippen LogP) is 1.58. The fourth-order valence-corrected chi connectivity index (χ4v) is 2.49. The Bertz CT molecular complexity index is 546. The van der Waals surface area contributed by atoms with Gasteiger partial charge in [0.2, 0.25) is 0 Å². The molecule has 0 spiro atoms. The molecule has 6 heteroatoms. The van der Waals surface area contributed by atoms with E-state index in [1.165, 1.54) is 9.80 Å². The summed E-state index contributed by atoms with van der Waals surface area (Å²) in [5, 5.41) is 9.17. The smallest absolute Gasteiger partial charge is 0.324 e. The van der Waals surface area contributed by atoms with Gasteiger partial charge in [0.1, 0.15) is 5.92 Å². The van der Waals surface area contributed by atoms with Gasteiger partial charge >= 0.3 is 12.0 Å². The van der Waals surface area contributed by atoms with Crippen LogP contribution in [0.2, 0.25) is 0 Å². The van der Waals surface area contributed by atoms with Crippen molar-refractivity contribution in [2.75, 3.05) is 32.2 Å². The van der Waals surface area contributed by atoms with Crippen molar-refractivity contribution in [3.63, 3.8) is 0 Å². The van der Waals surface area contributed by atoms with E-state index in [4.69, 9.17) is 4.74 Å². The number of aryl methyl sites for hydroxylation is 1. The molecule has 1 heterocycles. The third kappa shape index (κ3) is 3.16. The molecular weight excluding hydrogens is 272 g/mol. The molecule has 2 rings (SSSR count). The summed E-state index contributed by atoms with van der Waals surface area (Å²) in [4.78, 5) is 26.7. The summed E-state index contributed by atoms with van der Waals surface area (Å²) >= 11 is 0. The van der Waals surface area contributed by atoms with E-state index in [9.17, 15) is 14.7 Å². The number of hydrogen-bond donors (Lipinski definition) is 1. The van der Waals surface area contributed by atoms with Gasteiger partial charge < -0.3 is 14.7 Å². The van der Waals surface area contributed by atoms with E-state index in [2.05, 4.69) is 0 Å². The lowest BCUT2D eigenvalue weighted by Gasteiger charge is -2.30. The standard InChI is InChI=1S/C15H20N2O4/c1-10-5-4-6-11(7-10)16(2)15(20)17(3)13-9-21-8-12(13)14(18)19/h4-7,12-13H,8-9H2,1-3H3,(H,18,19). The van der Waals surface area contributed by atoms with Crippen molar-refractivity contribution in [2.45, 2.75) is 13.0 Å². The van der Waals surface area contributed by atoms with Crippen LogP contribution in [0.5, 0.6) is 0 Å². The average Bonchev–Trinajstić information content (AvgIpc) is 2.94. The van der Waals surface area contributed by atoms with Gasteiger partial charge in [-0.25, -0.2) is 4.79 Å². The van der Waals surface area contributed by atoms with Crippen LogP contribution in [0, 0.1) is 12.8 Å². The quantitative estimate of drug-likeness (QED) is 0.918. The van der Waals surface area contributed by atoms with Crippen LogP contribution in [0.15, 0.2) is 24.3 Å². The van der Waals surface area contributed by atoms with Crippen molar-refractivity contribution in [3.8, 4) is 0 Å². The lowest BCUT2D eigenvalue weighted by molar-refractivity contribution is -0.142. The maximum atomic E-state index is 12.5. The summed E-state index contributed by atoms with van der Waals surface area (Å²) in [6.07, 6.45) is 0. The maximum Gasteiger partial charge on any atom is 0.324 e. The number of urea groups is 1. The molecule has 0 radical (unpaired) electrons. The van der Waals surface area contributed by atoms with Crippen LogP contribution < -0.4 is 4.90 Å². The summed E-state index contributed by atoms with van der Waals surface area (Å²) in [7, 11) is 3.29. The van der Waals surface area contributed by atoms with Gasteiger partial charge in [0.15, 0.2) is 0 Å². The Morgan fingerprint density at radius 2 is 2.00 bits per heavy atom. The van der Waals surface area contributed by atoms with Gasteiger partial charge in [0.05, 0.1) is 19.3 Å².